The third kappa shape index (κ3) is 4.83. The highest BCUT2D eigenvalue weighted by Crippen LogP contribution is 2.15. The second-order valence-corrected chi connectivity index (χ2v) is 5.06. The number of hydrogen-bond donors (Lipinski definition) is 2. The minimum Gasteiger partial charge on any atom is -0.491 e. The van der Waals surface area contributed by atoms with Gasteiger partial charge < -0.3 is 15.8 Å². The highest BCUT2D eigenvalue weighted by molar-refractivity contribution is 5.73. The number of carbonyl (C=O) groups excluding carboxylic acids is 1. The largest absolute Gasteiger partial charge is 0.491 e. The number of primary amides is 1. The summed E-state index contributed by atoms with van der Waals surface area (Å²) in [4.78, 5) is 10.8. The summed E-state index contributed by atoms with van der Waals surface area (Å²) in [6, 6.07) is 7.93. The van der Waals surface area contributed by atoms with Crippen molar-refractivity contribution in [3.63, 3.8) is 0 Å². The van der Waals surface area contributed by atoms with Gasteiger partial charge in [-0.25, -0.2) is 0 Å². The van der Waals surface area contributed by atoms with Crippen LogP contribution >= 0.6 is 0 Å². The van der Waals surface area contributed by atoms with Crippen LogP contribution in [0.3, 0.4) is 0 Å². The predicted molar refractivity (Wildman–Crippen MR) is 81.0 cm³/mol. The summed E-state index contributed by atoms with van der Waals surface area (Å²) in [5.41, 5.74) is 7.09. The molecule has 1 aromatic carbocycles. The summed E-state index contributed by atoms with van der Waals surface area (Å²) in [5.74, 6) is 0.452. The molecule has 2 aromatic rings. The summed E-state index contributed by atoms with van der Waals surface area (Å²) < 4.78 is 7.10. The van der Waals surface area contributed by atoms with E-state index in [9.17, 15) is 4.79 Å². The Morgan fingerprint density at radius 1 is 1.38 bits per heavy atom. The monoisotopic (exact) mass is 288 g/mol. The molecule has 0 spiro atoms. The van der Waals surface area contributed by atoms with Gasteiger partial charge in [0.05, 0.1) is 18.0 Å². The fourth-order valence-corrected chi connectivity index (χ4v) is 1.86. The number of aromatic nitrogens is 2. The number of anilines is 1. The van der Waals surface area contributed by atoms with Crippen molar-refractivity contribution >= 4 is 11.6 Å². The van der Waals surface area contributed by atoms with Crippen molar-refractivity contribution in [2.75, 3.05) is 5.32 Å². The fraction of sp³-hybridized carbons (Fsp3) is 0.333. The lowest BCUT2D eigenvalue weighted by atomic mass is 10.2. The molecule has 112 valence electrons. The molecule has 0 fully saturated rings. The van der Waals surface area contributed by atoms with Gasteiger partial charge in [-0.2, -0.15) is 5.10 Å². The van der Waals surface area contributed by atoms with Crippen molar-refractivity contribution in [3.8, 4) is 5.75 Å². The van der Waals surface area contributed by atoms with Crippen LogP contribution in [0.25, 0.3) is 0 Å². The number of amides is 1. The summed E-state index contributed by atoms with van der Waals surface area (Å²) in [6.07, 6.45) is 3.59. The minimum atomic E-state index is -0.412. The molecular weight excluding hydrogens is 268 g/mol. The molecule has 3 N–H and O–H groups in total. The fourth-order valence-electron chi connectivity index (χ4n) is 1.86. The number of carbonyl (C=O) groups is 1. The third-order valence-corrected chi connectivity index (χ3v) is 2.74. The van der Waals surface area contributed by atoms with Gasteiger partial charge in [-0.1, -0.05) is 12.1 Å². The molecule has 6 heteroatoms. The van der Waals surface area contributed by atoms with Crippen LogP contribution in [-0.2, 0) is 17.9 Å². The SMILES string of the molecule is CC(C)Oc1ccc(CNc2cnn(CC(N)=O)c2)cc1. The summed E-state index contributed by atoms with van der Waals surface area (Å²) in [5, 5.41) is 7.29. The van der Waals surface area contributed by atoms with Crippen molar-refractivity contribution < 1.29 is 9.53 Å². The van der Waals surface area contributed by atoms with E-state index in [1.165, 1.54) is 4.68 Å². The molecule has 0 aliphatic carbocycles. The Balaban J connectivity index is 1.87. The first-order chi connectivity index (χ1) is 10.0. The van der Waals surface area contributed by atoms with Gasteiger partial charge in [-0.3, -0.25) is 9.48 Å². The maximum absolute atomic E-state index is 10.8. The quantitative estimate of drug-likeness (QED) is 0.813. The number of nitrogens with zero attached hydrogens (tertiary/aromatic N) is 2. The highest BCUT2D eigenvalue weighted by Gasteiger charge is 2.02. The first kappa shape index (κ1) is 14.9. The van der Waals surface area contributed by atoms with E-state index < -0.39 is 5.91 Å². The van der Waals surface area contributed by atoms with Crippen LogP contribution < -0.4 is 15.8 Å². The van der Waals surface area contributed by atoms with Gasteiger partial charge in [0.2, 0.25) is 5.91 Å². The van der Waals surface area contributed by atoms with Crippen molar-refractivity contribution in [3.05, 3.63) is 42.2 Å². The van der Waals surface area contributed by atoms with E-state index in [1.54, 1.807) is 12.4 Å². The van der Waals surface area contributed by atoms with Crippen molar-refractivity contribution in [2.45, 2.75) is 33.0 Å². The van der Waals surface area contributed by atoms with Gasteiger partial charge in [-0.05, 0) is 31.5 Å². The average molecular weight is 288 g/mol. The van der Waals surface area contributed by atoms with E-state index >= 15 is 0 Å². The van der Waals surface area contributed by atoms with E-state index in [0.717, 1.165) is 17.0 Å². The Morgan fingerprint density at radius 2 is 2.10 bits per heavy atom. The van der Waals surface area contributed by atoms with Crippen LogP contribution in [0.4, 0.5) is 5.69 Å². The molecule has 0 aliphatic heterocycles. The first-order valence-electron chi connectivity index (χ1n) is 6.83. The molecule has 0 unspecified atom stereocenters. The van der Waals surface area contributed by atoms with E-state index in [2.05, 4.69) is 10.4 Å². The molecule has 0 radical (unpaired) electrons. The molecule has 0 bridgehead atoms. The van der Waals surface area contributed by atoms with Gasteiger partial charge in [0.15, 0.2) is 0 Å². The number of hydrogen-bond acceptors (Lipinski definition) is 4. The number of nitrogens with two attached hydrogens (primary N) is 1. The molecule has 2 rings (SSSR count). The Morgan fingerprint density at radius 3 is 2.71 bits per heavy atom. The molecule has 6 nitrogen and oxygen atoms in total. The van der Waals surface area contributed by atoms with Crippen molar-refractivity contribution in [1.82, 2.24) is 9.78 Å². The van der Waals surface area contributed by atoms with Crippen molar-refractivity contribution in [1.29, 1.82) is 0 Å². The smallest absolute Gasteiger partial charge is 0.239 e. The van der Waals surface area contributed by atoms with Crippen LogP contribution in [0, 0.1) is 0 Å². The Hall–Kier alpha value is -2.50. The Labute approximate surface area is 123 Å². The van der Waals surface area contributed by atoms with Gasteiger partial charge in [0, 0.05) is 12.7 Å². The number of benzene rings is 1. The second kappa shape index (κ2) is 6.78. The molecule has 0 aliphatic rings. The Kier molecular flexibility index (Phi) is 4.81. The molecule has 0 saturated carbocycles. The summed E-state index contributed by atoms with van der Waals surface area (Å²) in [7, 11) is 0. The average Bonchev–Trinajstić information content (AvgIpc) is 2.84. The zero-order valence-electron chi connectivity index (χ0n) is 12.2. The molecule has 1 amide bonds. The first-order valence-corrected chi connectivity index (χ1v) is 6.83. The number of ether oxygens (including phenoxy) is 1. The lowest BCUT2D eigenvalue weighted by molar-refractivity contribution is -0.118. The highest BCUT2D eigenvalue weighted by atomic mass is 16.5. The number of rotatable bonds is 7. The minimum absolute atomic E-state index is 0.0862. The summed E-state index contributed by atoms with van der Waals surface area (Å²) in [6.45, 7) is 4.76. The van der Waals surface area contributed by atoms with Gasteiger partial charge in [-0.15, -0.1) is 0 Å². The van der Waals surface area contributed by atoms with E-state index in [4.69, 9.17) is 10.5 Å². The molecular formula is C15H20N4O2. The van der Waals surface area contributed by atoms with E-state index in [0.29, 0.717) is 6.54 Å². The molecule has 0 atom stereocenters. The Bertz CT molecular complexity index is 590. The van der Waals surface area contributed by atoms with Crippen LogP contribution in [0.5, 0.6) is 5.75 Å². The maximum atomic E-state index is 10.8. The summed E-state index contributed by atoms with van der Waals surface area (Å²) >= 11 is 0. The molecule has 0 saturated heterocycles. The zero-order valence-corrected chi connectivity index (χ0v) is 12.2. The lowest BCUT2D eigenvalue weighted by Crippen LogP contribution is -2.18. The van der Waals surface area contributed by atoms with Crippen LogP contribution in [0.15, 0.2) is 36.7 Å². The van der Waals surface area contributed by atoms with E-state index in [1.807, 2.05) is 38.1 Å². The predicted octanol–water partition coefficient (Wildman–Crippen LogP) is 1.77. The zero-order chi connectivity index (χ0) is 15.2. The third-order valence-electron chi connectivity index (χ3n) is 2.74. The molecule has 21 heavy (non-hydrogen) atoms. The topological polar surface area (TPSA) is 82.2 Å². The van der Waals surface area contributed by atoms with Crippen LogP contribution in [-0.4, -0.2) is 21.8 Å². The normalized spacial score (nSPS) is 10.6. The van der Waals surface area contributed by atoms with Gasteiger partial charge in [0.1, 0.15) is 12.3 Å². The van der Waals surface area contributed by atoms with Crippen LogP contribution in [0.1, 0.15) is 19.4 Å². The van der Waals surface area contributed by atoms with E-state index in [-0.39, 0.29) is 12.6 Å². The molecule has 1 aromatic heterocycles. The maximum Gasteiger partial charge on any atom is 0.239 e. The van der Waals surface area contributed by atoms with Crippen molar-refractivity contribution in [2.24, 2.45) is 5.73 Å². The van der Waals surface area contributed by atoms with Gasteiger partial charge in [0.25, 0.3) is 0 Å². The van der Waals surface area contributed by atoms with Crippen LogP contribution in [0.2, 0.25) is 0 Å². The standard InChI is InChI=1S/C15H20N4O2/c1-11(2)21-14-5-3-12(4-6-14)7-17-13-8-18-19(9-13)10-15(16)20/h3-6,8-9,11,17H,7,10H2,1-2H3,(H2,16,20). The second-order valence-electron chi connectivity index (χ2n) is 5.06. The lowest BCUT2D eigenvalue weighted by Gasteiger charge is -2.10. The van der Waals surface area contributed by atoms with Gasteiger partial charge >= 0.3 is 0 Å². The molecule has 1 heterocycles. The number of nitrogens with one attached hydrogen (secondary N) is 1.